The van der Waals surface area contributed by atoms with E-state index in [1.807, 2.05) is 26.8 Å². The van der Waals surface area contributed by atoms with Crippen LogP contribution in [0.4, 0.5) is 0 Å². The summed E-state index contributed by atoms with van der Waals surface area (Å²) < 4.78 is 5.49. The molecule has 0 saturated heterocycles. The molecule has 0 aliphatic carbocycles. The Morgan fingerprint density at radius 2 is 1.84 bits per heavy atom. The first kappa shape index (κ1) is 15.7. The molecule has 0 unspecified atom stereocenters. The summed E-state index contributed by atoms with van der Waals surface area (Å²) in [5.41, 5.74) is 1.05. The molecule has 0 spiro atoms. The summed E-state index contributed by atoms with van der Waals surface area (Å²) in [4.78, 5) is 11.5. The van der Waals surface area contributed by atoms with Gasteiger partial charge in [-0.15, -0.1) is 0 Å². The van der Waals surface area contributed by atoms with Crippen LogP contribution in [0.15, 0.2) is 30.3 Å². The van der Waals surface area contributed by atoms with Crippen molar-refractivity contribution in [3.8, 4) is 0 Å². The first-order chi connectivity index (χ1) is 9.03. The summed E-state index contributed by atoms with van der Waals surface area (Å²) in [6.45, 7) is 6.00. The lowest BCUT2D eigenvalue weighted by atomic mass is 9.98. The molecule has 0 aliphatic rings. The van der Waals surface area contributed by atoms with Crippen LogP contribution in [0, 0.1) is 0 Å². The zero-order valence-corrected chi connectivity index (χ0v) is 12.4. The Labute approximate surface area is 117 Å². The summed E-state index contributed by atoms with van der Waals surface area (Å²) in [5.74, 6) is -0.0736. The number of benzene rings is 1. The molecular formula is C17H26O2. The van der Waals surface area contributed by atoms with Gasteiger partial charge in [-0.3, -0.25) is 4.79 Å². The first-order valence-corrected chi connectivity index (χ1v) is 7.29. The van der Waals surface area contributed by atoms with E-state index >= 15 is 0 Å². The van der Waals surface area contributed by atoms with Crippen molar-refractivity contribution < 1.29 is 9.53 Å². The van der Waals surface area contributed by atoms with Gasteiger partial charge in [-0.25, -0.2) is 0 Å². The van der Waals surface area contributed by atoms with E-state index in [1.165, 1.54) is 5.56 Å². The van der Waals surface area contributed by atoms with Crippen LogP contribution in [0.25, 0.3) is 0 Å². The van der Waals surface area contributed by atoms with E-state index in [0.29, 0.717) is 6.42 Å². The second kappa shape index (κ2) is 7.98. The normalized spacial score (nSPS) is 11.3. The maximum absolute atomic E-state index is 11.5. The van der Waals surface area contributed by atoms with Gasteiger partial charge in [-0.2, -0.15) is 0 Å². The molecule has 0 amide bonds. The molecule has 0 atom stereocenters. The van der Waals surface area contributed by atoms with Crippen LogP contribution in [0.2, 0.25) is 0 Å². The molecule has 0 aromatic heterocycles. The van der Waals surface area contributed by atoms with Crippen LogP contribution >= 0.6 is 0 Å². The average Bonchev–Trinajstić information content (AvgIpc) is 2.35. The Morgan fingerprint density at radius 3 is 2.47 bits per heavy atom. The molecule has 0 fully saturated rings. The first-order valence-electron chi connectivity index (χ1n) is 7.29. The molecule has 0 bridgehead atoms. The molecule has 1 rings (SSSR count). The molecule has 19 heavy (non-hydrogen) atoms. The van der Waals surface area contributed by atoms with Crippen LogP contribution < -0.4 is 0 Å². The maximum Gasteiger partial charge on any atom is 0.306 e. The van der Waals surface area contributed by atoms with Crippen molar-refractivity contribution in [3.05, 3.63) is 35.9 Å². The third kappa shape index (κ3) is 7.00. The van der Waals surface area contributed by atoms with Crippen molar-refractivity contribution in [2.45, 2.75) is 64.9 Å². The van der Waals surface area contributed by atoms with Gasteiger partial charge in [0.15, 0.2) is 0 Å². The van der Waals surface area contributed by atoms with Gasteiger partial charge in [0.05, 0.1) is 0 Å². The highest BCUT2D eigenvalue weighted by Gasteiger charge is 2.21. The highest BCUT2D eigenvalue weighted by molar-refractivity contribution is 5.69. The summed E-state index contributed by atoms with van der Waals surface area (Å²) >= 11 is 0. The average molecular weight is 262 g/mol. The molecule has 1 aromatic rings. The summed E-state index contributed by atoms with van der Waals surface area (Å²) in [6, 6.07) is 10.5. The summed E-state index contributed by atoms with van der Waals surface area (Å²) in [7, 11) is 0. The van der Waals surface area contributed by atoms with Crippen LogP contribution in [-0.4, -0.2) is 11.6 Å². The Balaban J connectivity index is 2.22. The van der Waals surface area contributed by atoms with Crippen LogP contribution in [0.1, 0.15) is 58.4 Å². The molecule has 0 N–H and O–H groups in total. The zero-order chi connectivity index (χ0) is 14.1. The molecule has 0 aliphatic heterocycles. The third-order valence-electron chi connectivity index (χ3n) is 3.18. The van der Waals surface area contributed by atoms with Gasteiger partial charge in [-0.1, -0.05) is 37.3 Å². The lowest BCUT2D eigenvalue weighted by Gasteiger charge is -2.25. The molecule has 1 aromatic carbocycles. The molecule has 106 valence electrons. The number of carbonyl (C=O) groups is 1. The summed E-state index contributed by atoms with van der Waals surface area (Å²) in [5, 5.41) is 0. The second-order valence-corrected chi connectivity index (χ2v) is 5.68. The fraction of sp³-hybridized carbons (Fsp3) is 0.588. The largest absolute Gasteiger partial charge is 0.460 e. The minimum absolute atomic E-state index is 0.0736. The van der Waals surface area contributed by atoms with Crippen molar-refractivity contribution in [1.29, 1.82) is 0 Å². The Hall–Kier alpha value is -1.31. The number of unbranched alkanes of at least 4 members (excludes halogenated alkanes) is 1. The van der Waals surface area contributed by atoms with E-state index in [9.17, 15) is 4.79 Å². The van der Waals surface area contributed by atoms with Gasteiger partial charge in [0.25, 0.3) is 0 Å². The lowest BCUT2D eigenvalue weighted by Crippen LogP contribution is -2.27. The lowest BCUT2D eigenvalue weighted by molar-refractivity contribution is -0.157. The van der Waals surface area contributed by atoms with Gasteiger partial charge >= 0.3 is 5.97 Å². The third-order valence-corrected chi connectivity index (χ3v) is 3.18. The van der Waals surface area contributed by atoms with E-state index in [1.54, 1.807) is 0 Å². The van der Waals surface area contributed by atoms with Crippen LogP contribution in [0.3, 0.4) is 0 Å². The van der Waals surface area contributed by atoms with Crippen molar-refractivity contribution in [2.75, 3.05) is 0 Å². The van der Waals surface area contributed by atoms with E-state index in [4.69, 9.17) is 4.74 Å². The monoisotopic (exact) mass is 262 g/mol. The Bertz CT molecular complexity index is 368. The van der Waals surface area contributed by atoms with Gasteiger partial charge in [-0.05, 0) is 51.5 Å². The smallest absolute Gasteiger partial charge is 0.306 e. The Kier molecular flexibility index (Phi) is 6.61. The number of aryl methyl sites for hydroxylation is 1. The predicted octanol–water partition coefficient (Wildman–Crippen LogP) is 4.52. The van der Waals surface area contributed by atoms with Gasteiger partial charge in [0, 0.05) is 6.42 Å². The van der Waals surface area contributed by atoms with E-state index in [2.05, 4.69) is 24.3 Å². The molecular weight excluding hydrogens is 236 g/mol. The quantitative estimate of drug-likeness (QED) is 0.508. The molecule has 0 heterocycles. The van der Waals surface area contributed by atoms with Crippen molar-refractivity contribution in [2.24, 2.45) is 0 Å². The van der Waals surface area contributed by atoms with Crippen molar-refractivity contribution >= 4 is 5.97 Å². The van der Waals surface area contributed by atoms with E-state index in [0.717, 1.165) is 32.1 Å². The van der Waals surface area contributed by atoms with Crippen LogP contribution in [0.5, 0.6) is 0 Å². The van der Waals surface area contributed by atoms with Gasteiger partial charge in [0.2, 0.25) is 0 Å². The molecule has 2 heteroatoms. The van der Waals surface area contributed by atoms with Gasteiger partial charge in [0.1, 0.15) is 5.60 Å². The number of hydrogen-bond acceptors (Lipinski definition) is 2. The fourth-order valence-corrected chi connectivity index (χ4v) is 2.14. The number of ether oxygens (including phenoxy) is 1. The zero-order valence-electron chi connectivity index (χ0n) is 12.4. The van der Waals surface area contributed by atoms with Gasteiger partial charge < -0.3 is 4.74 Å². The molecule has 2 nitrogen and oxygen atoms in total. The standard InChI is InChI=1S/C17H26O2/c1-4-10-16(18)19-17(2,3)14-9-8-13-15-11-6-5-7-12-15/h5-7,11-12H,4,8-10,13-14H2,1-3H3. The van der Waals surface area contributed by atoms with Crippen molar-refractivity contribution in [1.82, 2.24) is 0 Å². The SMILES string of the molecule is CCCC(=O)OC(C)(C)CCCCc1ccccc1. The minimum Gasteiger partial charge on any atom is -0.460 e. The molecule has 0 radical (unpaired) electrons. The topological polar surface area (TPSA) is 26.3 Å². The predicted molar refractivity (Wildman–Crippen MR) is 79.1 cm³/mol. The van der Waals surface area contributed by atoms with E-state index < -0.39 is 0 Å². The molecule has 0 saturated carbocycles. The van der Waals surface area contributed by atoms with Crippen LogP contribution in [-0.2, 0) is 16.0 Å². The maximum atomic E-state index is 11.5. The number of rotatable bonds is 8. The second-order valence-electron chi connectivity index (χ2n) is 5.68. The highest BCUT2D eigenvalue weighted by Crippen LogP contribution is 2.20. The highest BCUT2D eigenvalue weighted by atomic mass is 16.6. The number of esters is 1. The number of hydrogen-bond donors (Lipinski definition) is 0. The summed E-state index contributed by atoms with van der Waals surface area (Å²) in [6.07, 6.45) is 5.62. The van der Waals surface area contributed by atoms with E-state index in [-0.39, 0.29) is 11.6 Å². The fourth-order valence-electron chi connectivity index (χ4n) is 2.14. The number of carbonyl (C=O) groups excluding carboxylic acids is 1. The van der Waals surface area contributed by atoms with Crippen molar-refractivity contribution in [3.63, 3.8) is 0 Å². The Morgan fingerprint density at radius 1 is 1.16 bits per heavy atom. The minimum atomic E-state index is -0.330.